The Morgan fingerprint density at radius 2 is 2.12 bits per heavy atom. The highest BCUT2D eigenvalue weighted by Gasteiger charge is 2.17. The van der Waals surface area contributed by atoms with Gasteiger partial charge in [-0.25, -0.2) is 0 Å². The summed E-state index contributed by atoms with van der Waals surface area (Å²) < 4.78 is 5.36. The van der Waals surface area contributed by atoms with Gasteiger partial charge in [-0.2, -0.15) is 0 Å². The number of anilines is 1. The average Bonchev–Trinajstić information content (AvgIpc) is 2.23. The average molecular weight is 224 g/mol. The van der Waals surface area contributed by atoms with Gasteiger partial charge in [0.1, 0.15) is 0 Å². The summed E-state index contributed by atoms with van der Waals surface area (Å²) in [6.45, 7) is 3.62. The van der Waals surface area contributed by atoms with Gasteiger partial charge in [-0.15, -0.1) is 0 Å². The number of aromatic hydroxyl groups is 1. The number of carbonyl (C=O) groups excluding carboxylic acids is 1. The number of phenols is 1. The smallest absolute Gasteiger partial charge is 0.254 e. The van der Waals surface area contributed by atoms with Crippen molar-refractivity contribution < 1.29 is 14.6 Å². The maximum absolute atomic E-state index is 11.4. The number of hydrogen-bond acceptors (Lipinski definition) is 4. The first kappa shape index (κ1) is 12.2. The van der Waals surface area contributed by atoms with E-state index in [1.54, 1.807) is 0 Å². The molecule has 16 heavy (non-hydrogen) atoms. The van der Waals surface area contributed by atoms with Crippen LogP contribution in [0.1, 0.15) is 24.2 Å². The Kier molecular flexibility index (Phi) is 3.60. The molecule has 0 aliphatic heterocycles. The molecule has 0 heterocycles. The second-order valence-electron chi connectivity index (χ2n) is 3.63. The van der Waals surface area contributed by atoms with Gasteiger partial charge in [0.15, 0.2) is 11.5 Å². The van der Waals surface area contributed by atoms with Crippen LogP contribution < -0.4 is 15.8 Å². The summed E-state index contributed by atoms with van der Waals surface area (Å²) in [5.41, 5.74) is 6.11. The highest BCUT2D eigenvalue weighted by molar-refractivity contribution is 5.98. The summed E-state index contributed by atoms with van der Waals surface area (Å²) in [6.07, 6.45) is -0.131. The maximum Gasteiger partial charge on any atom is 0.254 e. The van der Waals surface area contributed by atoms with Crippen molar-refractivity contribution in [1.29, 1.82) is 0 Å². The summed E-state index contributed by atoms with van der Waals surface area (Å²) in [5, 5.41) is 12.3. The molecule has 0 saturated heterocycles. The number of rotatable bonds is 3. The summed E-state index contributed by atoms with van der Waals surface area (Å²) in [6, 6.07) is 2.98. The number of nitrogens with two attached hydrogens (primary N) is 1. The quantitative estimate of drug-likeness (QED) is 0.672. The van der Waals surface area contributed by atoms with Gasteiger partial charge in [0.2, 0.25) is 0 Å². The maximum atomic E-state index is 11.4. The van der Waals surface area contributed by atoms with Gasteiger partial charge in [0.25, 0.3) is 5.91 Å². The molecule has 1 aromatic rings. The Morgan fingerprint density at radius 3 is 2.62 bits per heavy atom. The lowest BCUT2D eigenvalue weighted by Gasteiger charge is -2.15. The molecule has 0 bridgehead atoms. The molecule has 4 N–H and O–H groups in total. The number of nitrogen functional groups attached to an aromatic ring is 1. The number of phenolic OH excluding ortho intramolecular Hbond substituents is 1. The summed E-state index contributed by atoms with van der Waals surface area (Å²) in [5.74, 6) is -0.463. The minimum absolute atomic E-state index is 0.131. The fourth-order valence-electron chi connectivity index (χ4n) is 1.26. The van der Waals surface area contributed by atoms with Crippen LogP contribution in [0.15, 0.2) is 12.1 Å². The fraction of sp³-hybridized carbons (Fsp3) is 0.364. The van der Waals surface area contributed by atoms with Crippen LogP contribution in [0.4, 0.5) is 5.69 Å². The Bertz CT molecular complexity index is 402. The molecule has 1 aromatic carbocycles. The van der Waals surface area contributed by atoms with Gasteiger partial charge >= 0.3 is 0 Å². The van der Waals surface area contributed by atoms with E-state index in [9.17, 15) is 9.90 Å². The van der Waals surface area contributed by atoms with Gasteiger partial charge in [-0.3, -0.25) is 4.79 Å². The van der Waals surface area contributed by atoms with Crippen LogP contribution in [0.3, 0.4) is 0 Å². The second kappa shape index (κ2) is 4.74. The number of benzene rings is 1. The minimum atomic E-state index is -0.383. The summed E-state index contributed by atoms with van der Waals surface area (Å²) in [4.78, 5) is 11.4. The van der Waals surface area contributed by atoms with E-state index in [0.29, 0.717) is 5.69 Å². The van der Waals surface area contributed by atoms with Crippen molar-refractivity contribution in [2.24, 2.45) is 0 Å². The number of carbonyl (C=O) groups is 1. The predicted molar refractivity (Wildman–Crippen MR) is 61.7 cm³/mol. The first-order valence-electron chi connectivity index (χ1n) is 4.97. The molecule has 1 rings (SSSR count). The van der Waals surface area contributed by atoms with Gasteiger partial charge < -0.3 is 20.9 Å². The minimum Gasteiger partial charge on any atom is -0.504 e. The summed E-state index contributed by atoms with van der Waals surface area (Å²) in [7, 11) is 1.49. The van der Waals surface area contributed by atoms with Crippen molar-refractivity contribution in [3.8, 4) is 11.5 Å². The highest BCUT2D eigenvalue weighted by Crippen LogP contribution is 2.36. The van der Waals surface area contributed by atoms with Crippen molar-refractivity contribution in [2.45, 2.75) is 20.0 Å². The predicted octanol–water partition coefficient (Wildman–Crippen LogP) is 1.12. The number of ether oxygens (including phenoxy) is 1. The molecule has 0 atom stereocenters. The fourth-order valence-corrected chi connectivity index (χ4v) is 1.26. The van der Waals surface area contributed by atoms with E-state index in [0.717, 1.165) is 0 Å². The molecule has 0 aromatic heterocycles. The lowest BCUT2D eigenvalue weighted by Crippen LogP contribution is -2.18. The molecule has 5 heteroatoms. The van der Waals surface area contributed by atoms with Crippen LogP contribution in [0.5, 0.6) is 11.5 Å². The van der Waals surface area contributed by atoms with Gasteiger partial charge in [0, 0.05) is 7.05 Å². The monoisotopic (exact) mass is 224 g/mol. The van der Waals surface area contributed by atoms with E-state index in [1.165, 1.54) is 19.2 Å². The molecule has 0 radical (unpaired) electrons. The van der Waals surface area contributed by atoms with E-state index in [-0.39, 0.29) is 29.1 Å². The number of hydrogen-bond donors (Lipinski definition) is 3. The largest absolute Gasteiger partial charge is 0.504 e. The zero-order valence-electron chi connectivity index (χ0n) is 9.57. The Morgan fingerprint density at radius 1 is 1.50 bits per heavy atom. The Balaban J connectivity index is 3.21. The molecule has 0 fully saturated rings. The SMILES string of the molecule is CNC(=O)c1ccc(N)c(OC(C)C)c1O. The van der Waals surface area contributed by atoms with Gasteiger partial charge in [-0.05, 0) is 26.0 Å². The molecule has 5 nitrogen and oxygen atoms in total. The number of nitrogens with one attached hydrogen (secondary N) is 1. The van der Waals surface area contributed by atoms with Gasteiger partial charge in [-0.1, -0.05) is 0 Å². The van der Waals surface area contributed by atoms with Crippen LogP contribution in [0.2, 0.25) is 0 Å². The standard InChI is InChI=1S/C11H16N2O3/c1-6(2)16-10-8(12)5-4-7(9(10)14)11(15)13-3/h4-6,14H,12H2,1-3H3,(H,13,15). The highest BCUT2D eigenvalue weighted by atomic mass is 16.5. The molecule has 0 aliphatic carbocycles. The summed E-state index contributed by atoms with van der Waals surface area (Å²) >= 11 is 0. The normalized spacial score (nSPS) is 10.2. The molecule has 0 aliphatic rings. The van der Waals surface area contributed by atoms with Gasteiger partial charge in [0.05, 0.1) is 17.4 Å². The molecular formula is C11H16N2O3. The van der Waals surface area contributed by atoms with Crippen molar-refractivity contribution in [1.82, 2.24) is 5.32 Å². The van der Waals surface area contributed by atoms with Crippen molar-refractivity contribution in [2.75, 3.05) is 12.8 Å². The Labute approximate surface area is 94.2 Å². The molecule has 88 valence electrons. The lowest BCUT2D eigenvalue weighted by atomic mass is 10.1. The number of amides is 1. The van der Waals surface area contributed by atoms with Crippen molar-refractivity contribution in [3.63, 3.8) is 0 Å². The van der Waals surface area contributed by atoms with Crippen molar-refractivity contribution >= 4 is 11.6 Å². The molecule has 0 saturated carbocycles. The third kappa shape index (κ3) is 2.36. The first-order valence-corrected chi connectivity index (χ1v) is 4.97. The lowest BCUT2D eigenvalue weighted by molar-refractivity contribution is 0.0959. The van der Waals surface area contributed by atoms with E-state index in [1.807, 2.05) is 13.8 Å². The van der Waals surface area contributed by atoms with E-state index < -0.39 is 0 Å². The third-order valence-electron chi connectivity index (χ3n) is 1.99. The third-order valence-corrected chi connectivity index (χ3v) is 1.99. The molecule has 0 spiro atoms. The first-order chi connectivity index (χ1) is 7.47. The molecule has 1 amide bonds. The van der Waals surface area contributed by atoms with E-state index in [4.69, 9.17) is 10.5 Å². The van der Waals surface area contributed by atoms with Crippen LogP contribution in [0, 0.1) is 0 Å². The zero-order chi connectivity index (χ0) is 12.3. The van der Waals surface area contributed by atoms with Crippen molar-refractivity contribution in [3.05, 3.63) is 17.7 Å². The van der Waals surface area contributed by atoms with Crippen LogP contribution >= 0.6 is 0 Å². The molecular weight excluding hydrogens is 208 g/mol. The molecule has 0 unspecified atom stereocenters. The Hall–Kier alpha value is -1.91. The second-order valence-corrected chi connectivity index (χ2v) is 3.63. The van der Waals surface area contributed by atoms with Crippen LogP contribution in [-0.2, 0) is 0 Å². The topological polar surface area (TPSA) is 84.6 Å². The van der Waals surface area contributed by atoms with E-state index in [2.05, 4.69) is 5.32 Å². The van der Waals surface area contributed by atoms with Crippen LogP contribution in [0.25, 0.3) is 0 Å². The van der Waals surface area contributed by atoms with E-state index >= 15 is 0 Å². The van der Waals surface area contributed by atoms with Crippen LogP contribution in [-0.4, -0.2) is 24.2 Å². The zero-order valence-corrected chi connectivity index (χ0v) is 9.57.